The number of anilines is 1. The Kier molecular flexibility index (Phi) is 3.72. The first-order chi connectivity index (χ1) is 9.18. The zero-order valence-corrected chi connectivity index (χ0v) is 12.0. The van der Waals surface area contributed by atoms with Crippen LogP contribution in [0.3, 0.4) is 0 Å². The highest BCUT2D eigenvalue weighted by molar-refractivity contribution is 6.30. The van der Waals surface area contributed by atoms with Gasteiger partial charge in [0.1, 0.15) is 0 Å². The predicted octanol–water partition coefficient (Wildman–Crippen LogP) is 4.23. The number of nitrogens with one attached hydrogen (secondary N) is 1. The normalized spacial score (nSPS) is 34.6. The van der Waals surface area contributed by atoms with Crippen LogP contribution in [0.1, 0.15) is 44.9 Å². The summed E-state index contributed by atoms with van der Waals surface area (Å²) in [6.45, 7) is 0. The molecule has 3 rings (SSSR count). The van der Waals surface area contributed by atoms with Crippen molar-refractivity contribution in [1.82, 2.24) is 0 Å². The highest BCUT2D eigenvalue weighted by Gasteiger charge is 2.47. The number of hydrogen-bond acceptors (Lipinski definition) is 2. The SMILES string of the molecule is OC12CCCCC1CCC[C@@H]2Nc1cccc(Cl)c1. The molecule has 0 aromatic heterocycles. The van der Waals surface area contributed by atoms with Crippen molar-refractivity contribution in [1.29, 1.82) is 0 Å². The van der Waals surface area contributed by atoms with Crippen LogP contribution in [-0.2, 0) is 0 Å². The third-order valence-electron chi connectivity index (χ3n) is 4.90. The fourth-order valence-electron chi connectivity index (χ4n) is 3.90. The first-order valence-electron chi connectivity index (χ1n) is 7.43. The molecule has 0 heterocycles. The Hall–Kier alpha value is -0.730. The Morgan fingerprint density at radius 3 is 2.84 bits per heavy atom. The highest BCUT2D eigenvalue weighted by Crippen LogP contribution is 2.44. The lowest BCUT2D eigenvalue weighted by atomic mass is 9.65. The molecule has 0 radical (unpaired) electrons. The molecule has 0 spiro atoms. The van der Waals surface area contributed by atoms with Crippen LogP contribution in [0.25, 0.3) is 0 Å². The lowest BCUT2D eigenvalue weighted by Gasteiger charge is -2.49. The summed E-state index contributed by atoms with van der Waals surface area (Å²) < 4.78 is 0. The summed E-state index contributed by atoms with van der Waals surface area (Å²) in [6, 6.07) is 7.98. The standard InChI is InChI=1S/C16H22ClNO/c17-13-7-4-8-14(11-13)18-15-9-3-6-12-5-1-2-10-16(12,15)19/h4,7-8,11-12,15,18-19H,1-3,5-6,9-10H2/t12?,15-,16?/m0/s1. The van der Waals surface area contributed by atoms with E-state index in [0.29, 0.717) is 5.92 Å². The minimum atomic E-state index is -0.515. The molecule has 3 heteroatoms. The molecule has 1 aromatic rings. The van der Waals surface area contributed by atoms with E-state index >= 15 is 0 Å². The van der Waals surface area contributed by atoms with Crippen molar-refractivity contribution < 1.29 is 5.11 Å². The van der Waals surface area contributed by atoms with Crippen LogP contribution in [0.15, 0.2) is 24.3 Å². The average Bonchev–Trinajstić information content (AvgIpc) is 2.40. The summed E-state index contributed by atoms with van der Waals surface area (Å²) in [5, 5.41) is 15.4. The molecule has 2 N–H and O–H groups in total. The second-order valence-electron chi connectivity index (χ2n) is 6.07. The van der Waals surface area contributed by atoms with E-state index in [1.807, 2.05) is 24.3 Å². The summed E-state index contributed by atoms with van der Waals surface area (Å²) in [5.41, 5.74) is 0.510. The number of rotatable bonds is 2. The van der Waals surface area contributed by atoms with Gasteiger partial charge in [0.05, 0.1) is 11.6 Å². The molecule has 0 bridgehead atoms. The van der Waals surface area contributed by atoms with E-state index in [1.165, 1.54) is 25.7 Å². The van der Waals surface area contributed by atoms with Crippen molar-refractivity contribution in [2.24, 2.45) is 5.92 Å². The summed E-state index contributed by atoms with van der Waals surface area (Å²) in [4.78, 5) is 0. The van der Waals surface area contributed by atoms with Crippen LogP contribution in [0, 0.1) is 5.92 Å². The quantitative estimate of drug-likeness (QED) is 0.849. The van der Waals surface area contributed by atoms with Crippen molar-refractivity contribution in [2.75, 3.05) is 5.32 Å². The fraction of sp³-hybridized carbons (Fsp3) is 0.625. The van der Waals surface area contributed by atoms with Gasteiger partial charge in [0.25, 0.3) is 0 Å². The Bertz CT molecular complexity index is 448. The zero-order chi connectivity index (χ0) is 13.3. The maximum absolute atomic E-state index is 11.1. The third kappa shape index (κ3) is 2.61. The predicted molar refractivity (Wildman–Crippen MR) is 79.6 cm³/mol. The van der Waals surface area contributed by atoms with Crippen LogP contribution >= 0.6 is 11.6 Å². The highest BCUT2D eigenvalue weighted by atomic mass is 35.5. The van der Waals surface area contributed by atoms with Crippen molar-refractivity contribution in [2.45, 2.75) is 56.6 Å². The summed E-state index contributed by atoms with van der Waals surface area (Å²) >= 11 is 6.03. The molecule has 0 amide bonds. The van der Waals surface area contributed by atoms with Gasteiger partial charge in [-0.3, -0.25) is 0 Å². The monoisotopic (exact) mass is 279 g/mol. The minimum absolute atomic E-state index is 0.171. The van der Waals surface area contributed by atoms with Crippen LogP contribution in [0.5, 0.6) is 0 Å². The molecule has 0 saturated heterocycles. The van der Waals surface area contributed by atoms with Gasteiger partial charge in [-0.2, -0.15) is 0 Å². The summed E-state index contributed by atoms with van der Waals surface area (Å²) in [7, 11) is 0. The van der Waals surface area contributed by atoms with Crippen LogP contribution in [0.2, 0.25) is 5.02 Å². The van der Waals surface area contributed by atoms with Gasteiger partial charge in [-0.05, 0) is 49.8 Å². The van der Waals surface area contributed by atoms with E-state index in [1.54, 1.807) is 0 Å². The number of benzene rings is 1. The lowest BCUT2D eigenvalue weighted by molar-refractivity contribution is -0.0835. The first-order valence-corrected chi connectivity index (χ1v) is 7.81. The average molecular weight is 280 g/mol. The molecule has 104 valence electrons. The largest absolute Gasteiger partial charge is 0.387 e. The van der Waals surface area contributed by atoms with Crippen molar-refractivity contribution in [3.05, 3.63) is 29.3 Å². The van der Waals surface area contributed by atoms with Crippen LogP contribution in [0.4, 0.5) is 5.69 Å². The Balaban J connectivity index is 1.79. The molecular weight excluding hydrogens is 258 g/mol. The second kappa shape index (κ2) is 5.34. The molecule has 19 heavy (non-hydrogen) atoms. The van der Waals surface area contributed by atoms with E-state index in [9.17, 15) is 5.11 Å². The van der Waals surface area contributed by atoms with Gasteiger partial charge in [-0.25, -0.2) is 0 Å². The van der Waals surface area contributed by atoms with E-state index in [-0.39, 0.29) is 6.04 Å². The third-order valence-corrected chi connectivity index (χ3v) is 5.14. The second-order valence-corrected chi connectivity index (χ2v) is 6.51. The van der Waals surface area contributed by atoms with Gasteiger partial charge < -0.3 is 10.4 Å². The molecule has 3 atom stereocenters. The van der Waals surface area contributed by atoms with Crippen LogP contribution in [-0.4, -0.2) is 16.7 Å². The molecule has 2 nitrogen and oxygen atoms in total. The maximum atomic E-state index is 11.1. The maximum Gasteiger partial charge on any atom is 0.0875 e. The van der Waals surface area contributed by atoms with Gasteiger partial charge in [0.2, 0.25) is 0 Å². The van der Waals surface area contributed by atoms with Crippen molar-refractivity contribution in [3.8, 4) is 0 Å². The molecule has 2 saturated carbocycles. The van der Waals surface area contributed by atoms with Gasteiger partial charge in [-0.1, -0.05) is 36.9 Å². The number of fused-ring (bicyclic) bond motifs is 1. The van der Waals surface area contributed by atoms with E-state index < -0.39 is 5.60 Å². The molecule has 2 aliphatic rings. The molecule has 0 aliphatic heterocycles. The topological polar surface area (TPSA) is 32.3 Å². The van der Waals surface area contributed by atoms with Gasteiger partial charge in [0, 0.05) is 10.7 Å². The van der Waals surface area contributed by atoms with E-state index in [0.717, 1.165) is 30.0 Å². The Morgan fingerprint density at radius 2 is 2.00 bits per heavy atom. The molecule has 2 aliphatic carbocycles. The van der Waals surface area contributed by atoms with E-state index in [4.69, 9.17) is 11.6 Å². The van der Waals surface area contributed by atoms with Crippen molar-refractivity contribution >= 4 is 17.3 Å². The summed E-state index contributed by atoms with van der Waals surface area (Å²) in [5.74, 6) is 0.478. The summed E-state index contributed by atoms with van der Waals surface area (Å²) in [6.07, 6.45) is 8.01. The Morgan fingerprint density at radius 1 is 1.16 bits per heavy atom. The molecule has 2 fully saturated rings. The fourth-order valence-corrected chi connectivity index (χ4v) is 4.09. The van der Waals surface area contributed by atoms with Crippen molar-refractivity contribution in [3.63, 3.8) is 0 Å². The molecular formula is C16H22ClNO. The lowest BCUT2D eigenvalue weighted by Crippen LogP contribution is -2.56. The van der Waals surface area contributed by atoms with Gasteiger partial charge in [0.15, 0.2) is 0 Å². The zero-order valence-electron chi connectivity index (χ0n) is 11.2. The Labute approximate surface area is 120 Å². The van der Waals surface area contributed by atoms with Gasteiger partial charge >= 0.3 is 0 Å². The van der Waals surface area contributed by atoms with Gasteiger partial charge in [-0.15, -0.1) is 0 Å². The van der Waals surface area contributed by atoms with Crippen LogP contribution < -0.4 is 5.32 Å². The smallest absolute Gasteiger partial charge is 0.0875 e. The molecule has 1 aromatic carbocycles. The first kappa shape index (κ1) is 13.3. The minimum Gasteiger partial charge on any atom is -0.387 e. The number of hydrogen-bond donors (Lipinski definition) is 2. The number of halogens is 1. The number of aliphatic hydroxyl groups is 1. The molecule has 2 unspecified atom stereocenters. The van der Waals surface area contributed by atoms with E-state index in [2.05, 4.69) is 5.32 Å².